The van der Waals surface area contributed by atoms with E-state index in [1.165, 1.54) is 11.1 Å². The molecule has 0 aromatic heterocycles. The molecule has 0 spiro atoms. The summed E-state index contributed by atoms with van der Waals surface area (Å²) < 4.78 is 10.4. The van der Waals surface area contributed by atoms with Gasteiger partial charge in [0, 0.05) is 32.7 Å². The fourth-order valence-electron chi connectivity index (χ4n) is 2.06. The maximum Gasteiger partial charge on any atom is 0.191 e. The molecular formula is C18H32IN3O2. The summed E-state index contributed by atoms with van der Waals surface area (Å²) in [7, 11) is 1.67. The van der Waals surface area contributed by atoms with E-state index in [2.05, 4.69) is 60.7 Å². The van der Waals surface area contributed by atoms with Gasteiger partial charge < -0.3 is 20.1 Å². The molecule has 1 aromatic rings. The minimum atomic E-state index is 0. The Hall–Kier alpha value is -0.860. The highest BCUT2D eigenvalue weighted by molar-refractivity contribution is 14.0. The molecular weight excluding hydrogens is 417 g/mol. The molecule has 0 saturated heterocycles. The van der Waals surface area contributed by atoms with Gasteiger partial charge in [-0.25, -0.2) is 0 Å². The fourth-order valence-corrected chi connectivity index (χ4v) is 2.06. The van der Waals surface area contributed by atoms with E-state index in [0.717, 1.165) is 25.6 Å². The highest BCUT2D eigenvalue weighted by Crippen LogP contribution is 2.15. The number of hydrogen-bond acceptors (Lipinski definition) is 3. The molecule has 0 heterocycles. The molecule has 1 atom stereocenters. The SMILES string of the molecule is CCNC(=NCC(C)c1ccc(C)cc1)NCCOCCOC.I. The third-order valence-electron chi connectivity index (χ3n) is 3.48. The number of nitrogens with zero attached hydrogens (tertiary/aromatic N) is 1. The first-order chi connectivity index (χ1) is 11.2. The lowest BCUT2D eigenvalue weighted by atomic mass is 10.0. The molecule has 0 fully saturated rings. The minimum Gasteiger partial charge on any atom is -0.382 e. The van der Waals surface area contributed by atoms with E-state index in [9.17, 15) is 0 Å². The van der Waals surface area contributed by atoms with E-state index in [0.29, 0.717) is 25.7 Å². The van der Waals surface area contributed by atoms with E-state index >= 15 is 0 Å². The number of methoxy groups -OCH3 is 1. The van der Waals surface area contributed by atoms with Crippen molar-refractivity contribution >= 4 is 29.9 Å². The second-order valence-corrected chi connectivity index (χ2v) is 5.56. The summed E-state index contributed by atoms with van der Waals surface area (Å²) in [5.41, 5.74) is 2.60. The first-order valence-electron chi connectivity index (χ1n) is 8.32. The zero-order valence-electron chi connectivity index (χ0n) is 15.3. The predicted molar refractivity (Wildman–Crippen MR) is 112 cm³/mol. The highest BCUT2D eigenvalue weighted by Gasteiger charge is 2.05. The molecule has 2 N–H and O–H groups in total. The van der Waals surface area contributed by atoms with Gasteiger partial charge in [0.25, 0.3) is 0 Å². The molecule has 0 bridgehead atoms. The lowest BCUT2D eigenvalue weighted by molar-refractivity contribution is 0.0733. The van der Waals surface area contributed by atoms with Crippen molar-refractivity contribution in [3.05, 3.63) is 35.4 Å². The average molecular weight is 449 g/mol. The monoisotopic (exact) mass is 449 g/mol. The number of benzene rings is 1. The summed E-state index contributed by atoms with van der Waals surface area (Å²) in [5, 5.41) is 6.55. The molecule has 24 heavy (non-hydrogen) atoms. The number of halogens is 1. The molecule has 1 unspecified atom stereocenters. The first-order valence-corrected chi connectivity index (χ1v) is 8.32. The molecule has 0 radical (unpaired) electrons. The Bertz CT molecular complexity index is 452. The second kappa shape index (κ2) is 14.5. The average Bonchev–Trinajstić information content (AvgIpc) is 2.56. The van der Waals surface area contributed by atoms with Gasteiger partial charge in [0.05, 0.1) is 19.8 Å². The number of aliphatic imine (C=N–C) groups is 1. The van der Waals surface area contributed by atoms with Crippen molar-refractivity contribution in [2.45, 2.75) is 26.7 Å². The van der Waals surface area contributed by atoms with E-state index in [1.54, 1.807) is 7.11 Å². The fraction of sp³-hybridized carbons (Fsp3) is 0.611. The van der Waals surface area contributed by atoms with Gasteiger partial charge in [-0.2, -0.15) is 0 Å². The van der Waals surface area contributed by atoms with Gasteiger partial charge in [-0.15, -0.1) is 24.0 Å². The van der Waals surface area contributed by atoms with Crippen LogP contribution in [-0.2, 0) is 9.47 Å². The third kappa shape index (κ3) is 10.1. The third-order valence-corrected chi connectivity index (χ3v) is 3.48. The Balaban J connectivity index is 0.00000529. The standard InChI is InChI=1S/C18H31N3O2.HI/c1-5-19-18(20-10-11-23-13-12-22-4)21-14-16(3)17-8-6-15(2)7-9-17;/h6-9,16H,5,10-14H2,1-4H3,(H2,19,20,21);1H. The van der Waals surface area contributed by atoms with Crippen LogP contribution < -0.4 is 10.6 Å². The smallest absolute Gasteiger partial charge is 0.191 e. The number of hydrogen-bond donors (Lipinski definition) is 2. The lowest BCUT2D eigenvalue weighted by Crippen LogP contribution is -2.39. The molecule has 5 nitrogen and oxygen atoms in total. The molecule has 6 heteroatoms. The van der Waals surface area contributed by atoms with Gasteiger partial charge in [0.2, 0.25) is 0 Å². The normalized spacial score (nSPS) is 12.4. The van der Waals surface area contributed by atoms with E-state index in [1.807, 2.05) is 0 Å². The molecule has 0 aliphatic carbocycles. The zero-order valence-corrected chi connectivity index (χ0v) is 17.6. The molecule has 0 aliphatic rings. The van der Waals surface area contributed by atoms with E-state index < -0.39 is 0 Å². The summed E-state index contributed by atoms with van der Waals surface area (Å²) in [4.78, 5) is 4.66. The van der Waals surface area contributed by atoms with Crippen molar-refractivity contribution in [1.29, 1.82) is 0 Å². The number of aryl methyl sites for hydroxylation is 1. The van der Waals surface area contributed by atoms with Gasteiger partial charge in [-0.3, -0.25) is 4.99 Å². The summed E-state index contributed by atoms with van der Waals surface area (Å²) in [6.45, 7) is 10.6. The predicted octanol–water partition coefficient (Wildman–Crippen LogP) is 2.93. The minimum absolute atomic E-state index is 0. The second-order valence-electron chi connectivity index (χ2n) is 5.56. The Morgan fingerprint density at radius 3 is 2.46 bits per heavy atom. The van der Waals surface area contributed by atoms with E-state index in [4.69, 9.17) is 9.47 Å². The number of rotatable bonds is 10. The summed E-state index contributed by atoms with van der Waals surface area (Å²) >= 11 is 0. The van der Waals surface area contributed by atoms with Crippen LogP contribution in [0.2, 0.25) is 0 Å². The Kier molecular flexibility index (Phi) is 14.0. The summed E-state index contributed by atoms with van der Waals surface area (Å²) in [6.07, 6.45) is 0. The molecule has 1 rings (SSSR count). The molecule has 1 aromatic carbocycles. The van der Waals surface area contributed by atoms with Crippen LogP contribution in [-0.4, -0.2) is 52.5 Å². The number of ether oxygens (including phenoxy) is 2. The van der Waals surface area contributed by atoms with Crippen molar-refractivity contribution in [2.24, 2.45) is 4.99 Å². The van der Waals surface area contributed by atoms with Crippen molar-refractivity contribution in [3.8, 4) is 0 Å². The summed E-state index contributed by atoms with van der Waals surface area (Å²) in [5.74, 6) is 1.23. The van der Waals surface area contributed by atoms with E-state index in [-0.39, 0.29) is 24.0 Å². The highest BCUT2D eigenvalue weighted by atomic mass is 127. The van der Waals surface area contributed by atoms with Crippen molar-refractivity contribution < 1.29 is 9.47 Å². The maximum atomic E-state index is 5.44. The number of nitrogens with one attached hydrogen (secondary N) is 2. The largest absolute Gasteiger partial charge is 0.382 e. The number of guanidine groups is 1. The van der Waals surface area contributed by atoms with Crippen molar-refractivity contribution in [1.82, 2.24) is 10.6 Å². The van der Waals surface area contributed by atoms with Gasteiger partial charge in [0.15, 0.2) is 5.96 Å². The maximum absolute atomic E-state index is 5.44. The zero-order chi connectivity index (χ0) is 16.9. The Labute approximate surface area is 163 Å². The van der Waals surface area contributed by atoms with Crippen LogP contribution in [0.4, 0.5) is 0 Å². The summed E-state index contributed by atoms with van der Waals surface area (Å²) in [6, 6.07) is 8.66. The van der Waals surface area contributed by atoms with Crippen LogP contribution in [0, 0.1) is 6.92 Å². The van der Waals surface area contributed by atoms with Crippen molar-refractivity contribution in [2.75, 3.05) is 46.6 Å². The van der Waals surface area contributed by atoms with Gasteiger partial charge in [-0.1, -0.05) is 36.8 Å². The Morgan fingerprint density at radius 2 is 1.83 bits per heavy atom. The molecule has 0 amide bonds. The van der Waals surface area contributed by atoms with Crippen LogP contribution in [0.25, 0.3) is 0 Å². The molecule has 138 valence electrons. The van der Waals surface area contributed by atoms with Crippen LogP contribution in [0.15, 0.2) is 29.3 Å². The molecule has 0 saturated carbocycles. The van der Waals surface area contributed by atoms with Crippen LogP contribution >= 0.6 is 24.0 Å². The van der Waals surface area contributed by atoms with Gasteiger partial charge in [-0.05, 0) is 19.4 Å². The van der Waals surface area contributed by atoms with Crippen LogP contribution in [0.3, 0.4) is 0 Å². The van der Waals surface area contributed by atoms with Gasteiger partial charge in [0.1, 0.15) is 0 Å². The Morgan fingerprint density at radius 1 is 1.12 bits per heavy atom. The van der Waals surface area contributed by atoms with Crippen molar-refractivity contribution in [3.63, 3.8) is 0 Å². The lowest BCUT2D eigenvalue weighted by Gasteiger charge is -2.14. The molecule has 0 aliphatic heterocycles. The van der Waals surface area contributed by atoms with Gasteiger partial charge >= 0.3 is 0 Å². The quantitative estimate of drug-likeness (QED) is 0.250. The topological polar surface area (TPSA) is 54.9 Å². The first kappa shape index (κ1) is 23.1. The van der Waals surface area contributed by atoms with Crippen LogP contribution in [0.5, 0.6) is 0 Å². The van der Waals surface area contributed by atoms with Crippen LogP contribution in [0.1, 0.15) is 30.9 Å².